The lowest BCUT2D eigenvalue weighted by molar-refractivity contribution is 0.562. The van der Waals surface area contributed by atoms with E-state index in [-0.39, 0.29) is 0 Å². The second-order valence-electron chi connectivity index (χ2n) is 0.306. The molecule has 0 bridgehead atoms. The van der Waals surface area contributed by atoms with E-state index in [0.717, 1.165) is 18.2 Å². The summed E-state index contributed by atoms with van der Waals surface area (Å²) >= 11 is 0. The minimum Gasteiger partial charge on any atom is -0.222 e. The predicted octanol–water partition coefficient (Wildman–Crippen LogP) is 0.505. The Labute approximate surface area is 63.1 Å². The Bertz CT molecular complexity index is 120. The topological polar surface area (TPSA) is 123 Å². The van der Waals surface area contributed by atoms with Gasteiger partial charge in [0.25, 0.3) is 0 Å². The number of hydrogen-bond donors (Lipinski definition) is 3. The lowest BCUT2D eigenvalue weighted by atomic mass is 11.3. The van der Waals surface area contributed by atoms with Crippen molar-refractivity contribution in [3.63, 3.8) is 0 Å². The van der Waals surface area contributed by atoms with Crippen LogP contribution in [0.1, 0.15) is 0 Å². The second kappa shape index (κ2) is 482. The molecule has 6 heteroatoms. The van der Waals surface area contributed by atoms with Crippen LogP contribution in [0.2, 0.25) is 0 Å². The first-order valence-electron chi connectivity index (χ1n) is 1.86. The van der Waals surface area contributed by atoms with E-state index in [0.29, 0.717) is 0 Å². The zero-order valence-corrected chi connectivity index (χ0v) is 5.64. The monoisotopic (exact) mass is 157 g/mol. The van der Waals surface area contributed by atoms with Gasteiger partial charge in [-0.2, -0.15) is 0 Å². The Morgan fingerprint density at radius 1 is 0.727 bits per heavy atom. The first-order chi connectivity index (χ1) is 5.24. The molecule has 0 aliphatic carbocycles. The van der Waals surface area contributed by atoms with Gasteiger partial charge in [0.1, 0.15) is 0 Å². The highest BCUT2D eigenvalue weighted by Crippen LogP contribution is 0.875. The van der Waals surface area contributed by atoms with Crippen LogP contribution in [0, 0.1) is 16.2 Å². The van der Waals surface area contributed by atoms with Gasteiger partial charge in [-0.15, -0.1) is 13.2 Å². The van der Waals surface area contributed by atoms with Crippen LogP contribution in [0.3, 0.4) is 0 Å². The van der Waals surface area contributed by atoms with Crippen LogP contribution in [0.15, 0.2) is 13.2 Å². The van der Waals surface area contributed by atoms with Crippen LogP contribution in [-0.4, -0.2) is 18.2 Å². The molecule has 0 aromatic carbocycles. The Hall–Kier alpha value is -2.12. The summed E-state index contributed by atoms with van der Waals surface area (Å²) in [6, 6.07) is 0. The van der Waals surface area contributed by atoms with Gasteiger partial charge in [-0.3, -0.25) is 0 Å². The molecular weight excluding hydrogens is 150 g/mol. The highest BCUT2D eigenvalue weighted by Gasteiger charge is 1.04. The van der Waals surface area contributed by atoms with Gasteiger partial charge >= 0.3 is 0 Å². The Morgan fingerprint density at radius 2 is 0.727 bits per heavy atom. The molecule has 0 fully saturated rings. The fraction of sp³-hybridized carbons (Fsp3) is 0. The van der Waals surface area contributed by atoms with Crippen molar-refractivity contribution in [1.82, 2.24) is 0 Å². The molecule has 0 rings (SSSR count). The number of rotatable bonds is 0. The van der Waals surface area contributed by atoms with E-state index in [4.69, 9.17) is 30.6 Å². The molecule has 0 spiro atoms. The zero-order chi connectivity index (χ0) is 10.1. The summed E-state index contributed by atoms with van der Waals surface area (Å²) < 4.78 is 0. The third kappa shape index (κ3) is 60.6. The van der Waals surface area contributed by atoms with Crippen LogP contribution < -0.4 is 0 Å². The molecule has 0 unspecified atom stereocenters. The van der Waals surface area contributed by atoms with Crippen molar-refractivity contribution < 1.29 is 14.4 Å². The predicted molar refractivity (Wildman–Crippen MR) is 36.5 cm³/mol. The van der Waals surface area contributed by atoms with Crippen molar-refractivity contribution in [3.8, 4) is 0 Å². The summed E-state index contributed by atoms with van der Waals surface area (Å²) in [5, 5.41) is 16.2. The van der Waals surface area contributed by atoms with Gasteiger partial charge in [-0.05, 0) is 0 Å². The number of hydrogen-bond acceptors (Lipinski definition) is 6. The van der Waals surface area contributed by atoms with E-state index in [1.807, 2.05) is 0 Å². The number of isocyanates is 3. The average Bonchev–Trinajstić information content (AvgIpc) is 1.96. The van der Waals surface area contributed by atoms with Crippen molar-refractivity contribution in [1.29, 1.82) is 16.2 Å². The smallest absolute Gasteiger partial charge is 0.222 e. The minimum atomic E-state index is 0.750. The third-order valence-electron chi connectivity index (χ3n) is 0. The van der Waals surface area contributed by atoms with E-state index in [2.05, 4.69) is 13.2 Å². The summed E-state index contributed by atoms with van der Waals surface area (Å²) in [4.78, 5) is 25.0. The molecule has 0 atom stereocenters. The van der Waals surface area contributed by atoms with E-state index in [1.165, 1.54) is 0 Å². The van der Waals surface area contributed by atoms with Gasteiger partial charge in [-0.1, -0.05) is 0 Å². The molecule has 6 nitrogen and oxygen atoms in total. The summed E-state index contributed by atoms with van der Waals surface area (Å²) in [6.07, 6.45) is 2.25. The van der Waals surface area contributed by atoms with Crippen LogP contribution in [0.4, 0.5) is 0 Å². The Balaban J connectivity index is -0.0000000301. The van der Waals surface area contributed by atoms with Gasteiger partial charge in [0.05, 0.1) is 0 Å². The molecule has 3 N–H and O–H groups in total. The normalized spacial score (nSPS) is 2.55. The standard InChI is InChI=1S/C2H4.3CHNO/c1-2;3*2-1-3/h1-2H2;3*2H. The van der Waals surface area contributed by atoms with Gasteiger partial charge in [0.15, 0.2) is 0 Å². The molecule has 0 radical (unpaired) electrons. The van der Waals surface area contributed by atoms with Crippen molar-refractivity contribution in [2.75, 3.05) is 0 Å². The summed E-state index contributed by atoms with van der Waals surface area (Å²) in [7, 11) is 0. The Kier molecular flexibility index (Phi) is 1010. The molecule has 0 heterocycles. The molecule has 0 aliphatic rings. The van der Waals surface area contributed by atoms with E-state index in [1.54, 1.807) is 0 Å². The first-order valence-corrected chi connectivity index (χ1v) is 1.86. The van der Waals surface area contributed by atoms with Crippen LogP contribution in [0.5, 0.6) is 0 Å². The maximum absolute atomic E-state index is 8.35. The summed E-state index contributed by atoms with van der Waals surface area (Å²) in [5.74, 6) is 0. The largest absolute Gasteiger partial charge is 0.231 e. The highest BCUT2D eigenvalue weighted by molar-refractivity contribution is 5.26. The molecule has 0 saturated carbocycles. The van der Waals surface area contributed by atoms with Crippen LogP contribution in [0.25, 0.3) is 0 Å². The Morgan fingerprint density at radius 3 is 0.727 bits per heavy atom. The van der Waals surface area contributed by atoms with Gasteiger partial charge in [-0.25, -0.2) is 30.6 Å². The maximum atomic E-state index is 8.35. The second-order valence-corrected chi connectivity index (χ2v) is 0.306. The van der Waals surface area contributed by atoms with Crippen molar-refractivity contribution in [3.05, 3.63) is 13.2 Å². The lowest BCUT2D eigenvalue weighted by Crippen LogP contribution is -1.16. The fourth-order valence-electron chi connectivity index (χ4n) is 0. The molecule has 60 valence electrons. The molecule has 0 aliphatic heterocycles. The van der Waals surface area contributed by atoms with Gasteiger partial charge in [0, 0.05) is 0 Å². The fourth-order valence-corrected chi connectivity index (χ4v) is 0. The van der Waals surface area contributed by atoms with Crippen molar-refractivity contribution in [2.24, 2.45) is 0 Å². The molecule has 0 aromatic heterocycles. The van der Waals surface area contributed by atoms with Crippen molar-refractivity contribution in [2.45, 2.75) is 0 Å². The number of nitrogens with one attached hydrogen (secondary N) is 3. The molecule has 0 amide bonds. The van der Waals surface area contributed by atoms with E-state index < -0.39 is 0 Å². The zero-order valence-electron chi connectivity index (χ0n) is 5.64. The first kappa shape index (κ1) is 23.2. The van der Waals surface area contributed by atoms with Crippen molar-refractivity contribution >= 4 is 18.2 Å². The van der Waals surface area contributed by atoms with Gasteiger partial charge < -0.3 is 0 Å². The highest BCUT2D eigenvalue weighted by atomic mass is 16.1. The van der Waals surface area contributed by atoms with Gasteiger partial charge in [0.2, 0.25) is 18.2 Å². The molecular formula is C5H7N3O3. The minimum absolute atomic E-state index is 0.750. The van der Waals surface area contributed by atoms with Crippen LogP contribution >= 0.6 is 0 Å². The summed E-state index contributed by atoms with van der Waals surface area (Å²) in [6.45, 7) is 6.00. The summed E-state index contributed by atoms with van der Waals surface area (Å²) in [5.41, 5.74) is 0. The SMILES string of the molecule is C=C.N=C=O.N=C=O.N=C=O. The maximum Gasteiger partial charge on any atom is 0.231 e. The average molecular weight is 157 g/mol. The quantitative estimate of drug-likeness (QED) is 0.269. The number of carbonyl (C=O) groups excluding carboxylic acids is 3. The molecule has 0 aromatic rings. The molecule has 11 heavy (non-hydrogen) atoms. The molecule has 0 saturated heterocycles. The van der Waals surface area contributed by atoms with E-state index in [9.17, 15) is 0 Å². The van der Waals surface area contributed by atoms with E-state index >= 15 is 0 Å². The lowest BCUT2D eigenvalue weighted by Gasteiger charge is -1.02. The van der Waals surface area contributed by atoms with Crippen LogP contribution in [-0.2, 0) is 14.4 Å². The third-order valence-corrected chi connectivity index (χ3v) is 0.